The van der Waals surface area contributed by atoms with Crippen molar-refractivity contribution in [3.63, 3.8) is 0 Å². The Hall–Kier alpha value is 0.0500. The second-order valence-electron chi connectivity index (χ2n) is 1.39. The topological polar surface area (TPSA) is 14.1 Å². The molecule has 0 aromatic rings. The third-order valence-electron chi connectivity index (χ3n) is 0.837. The minimum Gasteiger partial charge on any atom is -0.236 e. The molecule has 6 heavy (non-hydrogen) atoms. The molecule has 1 fully saturated rings. The van der Waals surface area contributed by atoms with Crippen molar-refractivity contribution in [1.29, 1.82) is 0 Å². The fourth-order valence-electron chi connectivity index (χ4n) is 0.487. The largest absolute Gasteiger partial charge is 0.236 e. The molecule has 1 saturated heterocycles. The van der Waals surface area contributed by atoms with Gasteiger partial charge >= 0.3 is 0 Å². The van der Waals surface area contributed by atoms with E-state index in [0.717, 1.165) is 24.4 Å². The summed E-state index contributed by atoms with van der Waals surface area (Å²) in [6.45, 7) is 1.81. The minimum atomic E-state index is 0.843. The predicted molar refractivity (Wildman–Crippen MR) is 29.1 cm³/mol. The molecule has 1 rings (SSSR count). The average Bonchev–Trinajstić information content (AvgIpc) is 1.86. The van der Waals surface area contributed by atoms with Gasteiger partial charge < -0.3 is 0 Å². The maximum Gasteiger partial charge on any atom is 0.0448 e. The van der Waals surface area contributed by atoms with Gasteiger partial charge in [0.2, 0.25) is 0 Å². The van der Waals surface area contributed by atoms with Crippen molar-refractivity contribution in [2.75, 3.05) is 13.1 Å². The highest BCUT2D eigenvalue weighted by atomic mass is 32.1. The second kappa shape index (κ2) is 1.67. The van der Waals surface area contributed by atoms with Crippen molar-refractivity contribution in [1.82, 2.24) is 5.32 Å². The molecule has 0 bridgehead atoms. The third kappa shape index (κ3) is 0.758. The number of rotatable bonds is 0. The van der Waals surface area contributed by atoms with E-state index in [-0.39, 0.29) is 0 Å². The van der Waals surface area contributed by atoms with Crippen LogP contribution < -0.4 is 5.32 Å². The van der Waals surface area contributed by atoms with Crippen molar-refractivity contribution in [3.8, 4) is 0 Å². The van der Waals surface area contributed by atoms with Crippen LogP contribution in [0.25, 0.3) is 0 Å². The molecular formula is C4H6NS. The summed E-state index contributed by atoms with van der Waals surface area (Å²) in [4.78, 5) is 1.12. The molecule has 0 N–H and O–H groups in total. The summed E-state index contributed by atoms with van der Waals surface area (Å²) in [7, 11) is 0. The Morgan fingerprint density at radius 2 is 2.50 bits per heavy atom. The van der Waals surface area contributed by atoms with Crippen molar-refractivity contribution in [2.24, 2.45) is 0 Å². The first-order valence-corrected chi connectivity index (χ1v) is 2.45. The lowest BCUT2D eigenvalue weighted by molar-refractivity contribution is 0.844. The lowest BCUT2D eigenvalue weighted by Gasteiger charge is -1.75. The lowest BCUT2D eigenvalue weighted by Crippen LogP contribution is -1.97. The Balaban J connectivity index is 2.37. The summed E-state index contributed by atoms with van der Waals surface area (Å²) in [5.74, 6) is 0. The molecule has 0 amide bonds. The van der Waals surface area contributed by atoms with Crippen molar-refractivity contribution in [2.45, 2.75) is 6.42 Å². The Kier molecular flexibility index (Phi) is 1.17. The van der Waals surface area contributed by atoms with Crippen LogP contribution in [-0.4, -0.2) is 18.0 Å². The molecule has 1 nitrogen and oxygen atoms in total. The molecule has 0 unspecified atom stereocenters. The molecule has 1 radical (unpaired) electrons. The normalized spacial score (nSPS) is 22.3. The maximum absolute atomic E-state index is 4.83. The molecule has 1 heterocycles. The van der Waals surface area contributed by atoms with Gasteiger partial charge in [-0.2, -0.15) is 0 Å². The van der Waals surface area contributed by atoms with Crippen LogP contribution in [0.3, 0.4) is 0 Å². The van der Waals surface area contributed by atoms with Gasteiger partial charge in [0.05, 0.1) is 0 Å². The monoisotopic (exact) mass is 100 g/mol. The molecule has 0 aromatic heterocycles. The van der Waals surface area contributed by atoms with Crippen LogP contribution in [0.1, 0.15) is 6.42 Å². The van der Waals surface area contributed by atoms with Crippen LogP contribution in [-0.2, 0) is 0 Å². The van der Waals surface area contributed by atoms with E-state index in [1.165, 1.54) is 0 Å². The molecule has 0 spiro atoms. The van der Waals surface area contributed by atoms with Crippen molar-refractivity contribution in [3.05, 3.63) is 0 Å². The Bertz CT molecular complexity index is 61.9. The zero-order chi connectivity index (χ0) is 4.41. The zero-order valence-electron chi connectivity index (χ0n) is 3.48. The van der Waals surface area contributed by atoms with Crippen LogP contribution in [0.15, 0.2) is 0 Å². The van der Waals surface area contributed by atoms with Crippen LogP contribution >= 0.6 is 12.2 Å². The van der Waals surface area contributed by atoms with Crippen LogP contribution in [0.2, 0.25) is 0 Å². The van der Waals surface area contributed by atoms with Gasteiger partial charge in [-0.15, -0.1) is 0 Å². The van der Waals surface area contributed by atoms with E-state index >= 15 is 0 Å². The molecular weight excluding hydrogens is 94.1 g/mol. The van der Waals surface area contributed by atoms with E-state index < -0.39 is 0 Å². The Morgan fingerprint density at radius 1 is 1.67 bits per heavy atom. The third-order valence-corrected chi connectivity index (χ3v) is 1.17. The van der Waals surface area contributed by atoms with E-state index in [0.29, 0.717) is 0 Å². The number of hydrogen-bond acceptors (Lipinski definition) is 1. The summed E-state index contributed by atoms with van der Waals surface area (Å²) in [5, 5.41) is 4.02. The summed E-state index contributed by atoms with van der Waals surface area (Å²) >= 11 is 4.83. The summed E-state index contributed by atoms with van der Waals surface area (Å²) in [6, 6.07) is 0. The summed E-state index contributed by atoms with van der Waals surface area (Å²) < 4.78 is 0. The van der Waals surface area contributed by atoms with Gasteiger partial charge in [0.25, 0.3) is 0 Å². The molecule has 33 valence electrons. The molecule has 0 aliphatic carbocycles. The standard InChI is InChI=1S/C4H6NS/c6-4-1-2-5-3-4/h1-3H2. The van der Waals surface area contributed by atoms with Gasteiger partial charge in [0.15, 0.2) is 0 Å². The molecule has 1 aliphatic rings. The van der Waals surface area contributed by atoms with Crippen LogP contribution in [0, 0.1) is 0 Å². The number of thiocarbonyl (C=S) groups is 1. The fraction of sp³-hybridized carbons (Fsp3) is 0.750. The minimum absolute atomic E-state index is 0.843. The Labute approximate surface area is 42.7 Å². The first-order chi connectivity index (χ1) is 2.89. The highest BCUT2D eigenvalue weighted by molar-refractivity contribution is 7.80. The SMILES string of the molecule is S=C1CC[N]C1. The van der Waals surface area contributed by atoms with E-state index in [1.54, 1.807) is 0 Å². The van der Waals surface area contributed by atoms with Gasteiger partial charge in [-0.3, -0.25) is 0 Å². The van der Waals surface area contributed by atoms with Gasteiger partial charge in [-0.1, -0.05) is 12.2 Å². The first-order valence-electron chi connectivity index (χ1n) is 2.04. The zero-order valence-corrected chi connectivity index (χ0v) is 4.29. The van der Waals surface area contributed by atoms with Gasteiger partial charge in [0.1, 0.15) is 0 Å². The quantitative estimate of drug-likeness (QED) is 0.401. The highest BCUT2D eigenvalue weighted by Crippen LogP contribution is 1.91. The second-order valence-corrected chi connectivity index (χ2v) is 1.97. The van der Waals surface area contributed by atoms with Crippen LogP contribution in [0.5, 0.6) is 0 Å². The molecule has 0 atom stereocenters. The predicted octanol–water partition coefficient (Wildman–Crippen LogP) is 0.364. The highest BCUT2D eigenvalue weighted by Gasteiger charge is 2.03. The average molecular weight is 100 g/mol. The van der Waals surface area contributed by atoms with Crippen LogP contribution in [0.4, 0.5) is 0 Å². The maximum atomic E-state index is 4.83. The summed E-state index contributed by atoms with van der Waals surface area (Å²) in [6.07, 6.45) is 1.05. The molecule has 1 aliphatic heterocycles. The molecule has 2 heteroatoms. The van der Waals surface area contributed by atoms with Gasteiger partial charge in [-0.25, -0.2) is 5.32 Å². The smallest absolute Gasteiger partial charge is 0.0448 e. The molecule has 0 saturated carbocycles. The van der Waals surface area contributed by atoms with E-state index in [4.69, 9.17) is 12.2 Å². The molecule has 0 aromatic carbocycles. The van der Waals surface area contributed by atoms with E-state index in [2.05, 4.69) is 5.32 Å². The fourth-order valence-corrected chi connectivity index (χ4v) is 0.669. The first kappa shape index (κ1) is 4.22. The Morgan fingerprint density at radius 3 is 2.67 bits per heavy atom. The number of hydrogen-bond donors (Lipinski definition) is 0. The van der Waals surface area contributed by atoms with Crippen molar-refractivity contribution < 1.29 is 0 Å². The van der Waals surface area contributed by atoms with E-state index in [1.807, 2.05) is 0 Å². The van der Waals surface area contributed by atoms with Gasteiger partial charge in [-0.05, 0) is 6.42 Å². The van der Waals surface area contributed by atoms with E-state index in [9.17, 15) is 0 Å². The lowest BCUT2D eigenvalue weighted by atomic mass is 10.4. The van der Waals surface area contributed by atoms with Gasteiger partial charge in [0, 0.05) is 18.0 Å². The summed E-state index contributed by atoms with van der Waals surface area (Å²) in [5.41, 5.74) is 0. The number of nitrogens with zero attached hydrogens (tertiary/aromatic N) is 1. The van der Waals surface area contributed by atoms with Crippen molar-refractivity contribution >= 4 is 17.1 Å².